The van der Waals surface area contributed by atoms with Gasteiger partial charge in [0, 0.05) is 5.69 Å². The molecule has 0 atom stereocenters. The average molecular weight is 331 g/mol. The van der Waals surface area contributed by atoms with Gasteiger partial charge in [0.05, 0.1) is 0 Å². The Bertz CT molecular complexity index is 678. The Balaban J connectivity index is 2.05. The standard InChI is InChI=1S/C15H10F5NO2/c16-11-2-1-3-12(17)13(11)14(22)21-9-4-6-10(7-5-9)23-8-15(18,19)20/h1-7H,8H2,(H,21,22). The summed E-state index contributed by atoms with van der Waals surface area (Å²) in [6.07, 6.45) is -4.46. The molecule has 0 saturated carbocycles. The first-order chi connectivity index (χ1) is 10.8. The number of anilines is 1. The highest BCUT2D eigenvalue weighted by molar-refractivity contribution is 6.04. The molecule has 0 radical (unpaired) electrons. The van der Waals surface area contributed by atoms with Gasteiger partial charge in [-0.1, -0.05) is 6.07 Å². The van der Waals surface area contributed by atoms with E-state index in [1.54, 1.807) is 0 Å². The Hall–Kier alpha value is -2.64. The highest BCUT2D eigenvalue weighted by Crippen LogP contribution is 2.21. The molecule has 2 aromatic carbocycles. The topological polar surface area (TPSA) is 38.3 Å². The van der Waals surface area contributed by atoms with Crippen molar-refractivity contribution >= 4 is 11.6 Å². The van der Waals surface area contributed by atoms with Crippen molar-refractivity contribution in [3.63, 3.8) is 0 Å². The molecule has 0 aromatic heterocycles. The van der Waals surface area contributed by atoms with Gasteiger partial charge in [-0.2, -0.15) is 13.2 Å². The summed E-state index contributed by atoms with van der Waals surface area (Å²) in [6, 6.07) is 7.88. The minimum absolute atomic E-state index is 0.0580. The second-order valence-corrected chi connectivity index (χ2v) is 4.48. The molecule has 2 rings (SSSR count). The Kier molecular flexibility index (Phi) is 4.83. The van der Waals surface area contributed by atoms with Crippen LogP contribution in [0.15, 0.2) is 42.5 Å². The first-order valence-electron chi connectivity index (χ1n) is 6.31. The van der Waals surface area contributed by atoms with E-state index in [-0.39, 0.29) is 11.4 Å². The molecular weight excluding hydrogens is 321 g/mol. The van der Waals surface area contributed by atoms with Crippen molar-refractivity contribution in [3.05, 3.63) is 59.7 Å². The van der Waals surface area contributed by atoms with Crippen molar-refractivity contribution in [1.82, 2.24) is 0 Å². The van der Waals surface area contributed by atoms with Crippen molar-refractivity contribution in [2.24, 2.45) is 0 Å². The molecule has 0 spiro atoms. The number of ether oxygens (including phenoxy) is 1. The SMILES string of the molecule is O=C(Nc1ccc(OCC(F)(F)F)cc1)c1c(F)cccc1F. The van der Waals surface area contributed by atoms with Crippen LogP contribution in [-0.2, 0) is 0 Å². The fraction of sp³-hybridized carbons (Fsp3) is 0.133. The quantitative estimate of drug-likeness (QED) is 0.855. The second-order valence-electron chi connectivity index (χ2n) is 4.48. The number of rotatable bonds is 4. The summed E-state index contributed by atoms with van der Waals surface area (Å²) in [5, 5.41) is 2.24. The number of amides is 1. The van der Waals surface area contributed by atoms with E-state index in [2.05, 4.69) is 10.1 Å². The van der Waals surface area contributed by atoms with Crippen LogP contribution in [0.5, 0.6) is 5.75 Å². The number of hydrogen-bond acceptors (Lipinski definition) is 2. The third-order valence-electron chi connectivity index (χ3n) is 2.70. The zero-order chi connectivity index (χ0) is 17.0. The molecule has 0 aliphatic heterocycles. The van der Waals surface area contributed by atoms with Gasteiger partial charge < -0.3 is 10.1 Å². The van der Waals surface area contributed by atoms with E-state index in [4.69, 9.17) is 0 Å². The lowest BCUT2D eigenvalue weighted by Gasteiger charge is -2.10. The monoisotopic (exact) mass is 331 g/mol. The summed E-state index contributed by atoms with van der Waals surface area (Å²) >= 11 is 0. The van der Waals surface area contributed by atoms with E-state index in [9.17, 15) is 26.7 Å². The highest BCUT2D eigenvalue weighted by atomic mass is 19.4. The maximum absolute atomic E-state index is 13.5. The first-order valence-corrected chi connectivity index (χ1v) is 6.31. The zero-order valence-corrected chi connectivity index (χ0v) is 11.5. The fourth-order valence-corrected chi connectivity index (χ4v) is 1.71. The van der Waals surface area contributed by atoms with Gasteiger partial charge in [-0.25, -0.2) is 8.78 Å². The minimum atomic E-state index is -4.46. The maximum atomic E-state index is 13.5. The molecule has 3 nitrogen and oxygen atoms in total. The van der Waals surface area contributed by atoms with Gasteiger partial charge in [-0.05, 0) is 36.4 Å². The van der Waals surface area contributed by atoms with Crippen LogP contribution in [-0.4, -0.2) is 18.7 Å². The Morgan fingerprint density at radius 2 is 1.57 bits per heavy atom. The van der Waals surface area contributed by atoms with Crippen molar-refractivity contribution in [2.45, 2.75) is 6.18 Å². The Morgan fingerprint density at radius 3 is 2.09 bits per heavy atom. The summed E-state index contributed by atoms with van der Waals surface area (Å²) in [5.74, 6) is -3.11. The smallest absolute Gasteiger partial charge is 0.422 e. The van der Waals surface area contributed by atoms with Gasteiger partial charge in [0.25, 0.3) is 5.91 Å². The van der Waals surface area contributed by atoms with Gasteiger partial charge in [0.1, 0.15) is 22.9 Å². The van der Waals surface area contributed by atoms with Crippen LogP contribution in [0, 0.1) is 11.6 Å². The largest absolute Gasteiger partial charge is 0.484 e. The van der Waals surface area contributed by atoms with Gasteiger partial charge in [0.2, 0.25) is 0 Å². The molecule has 0 aliphatic rings. The third kappa shape index (κ3) is 4.67. The number of hydrogen-bond donors (Lipinski definition) is 1. The van der Waals surface area contributed by atoms with E-state index < -0.39 is 35.9 Å². The number of benzene rings is 2. The minimum Gasteiger partial charge on any atom is -0.484 e. The van der Waals surface area contributed by atoms with E-state index in [1.807, 2.05) is 0 Å². The van der Waals surface area contributed by atoms with Crippen LogP contribution in [0.3, 0.4) is 0 Å². The molecule has 0 unspecified atom stereocenters. The molecule has 2 aromatic rings. The van der Waals surface area contributed by atoms with Gasteiger partial charge in [-0.3, -0.25) is 4.79 Å². The predicted molar refractivity (Wildman–Crippen MR) is 72.3 cm³/mol. The third-order valence-corrected chi connectivity index (χ3v) is 2.70. The van der Waals surface area contributed by atoms with E-state index in [0.29, 0.717) is 0 Å². The Labute approximate surface area is 127 Å². The van der Waals surface area contributed by atoms with Crippen molar-refractivity contribution < 1.29 is 31.5 Å². The lowest BCUT2D eigenvalue weighted by Crippen LogP contribution is -2.19. The van der Waals surface area contributed by atoms with Gasteiger partial charge in [0.15, 0.2) is 6.61 Å². The number of halogens is 5. The van der Waals surface area contributed by atoms with Gasteiger partial charge >= 0.3 is 6.18 Å². The summed E-state index contributed by atoms with van der Waals surface area (Å²) in [5.41, 5.74) is -0.595. The number of alkyl halides is 3. The van der Waals surface area contributed by atoms with Crippen LogP contribution in [0.1, 0.15) is 10.4 Å². The van der Waals surface area contributed by atoms with E-state index in [0.717, 1.165) is 18.2 Å². The molecule has 8 heteroatoms. The molecule has 1 amide bonds. The predicted octanol–water partition coefficient (Wildman–Crippen LogP) is 4.16. The first kappa shape index (κ1) is 16.7. The van der Waals surface area contributed by atoms with Crippen molar-refractivity contribution in [1.29, 1.82) is 0 Å². The van der Waals surface area contributed by atoms with Crippen molar-refractivity contribution in [3.8, 4) is 5.75 Å². The number of carbonyl (C=O) groups is 1. The second kappa shape index (κ2) is 6.64. The summed E-state index contributed by atoms with van der Waals surface area (Å²) in [7, 11) is 0. The van der Waals surface area contributed by atoms with E-state index in [1.165, 1.54) is 24.3 Å². The van der Waals surface area contributed by atoms with Crippen LogP contribution < -0.4 is 10.1 Å². The fourth-order valence-electron chi connectivity index (χ4n) is 1.71. The summed E-state index contributed by atoms with van der Waals surface area (Å²) in [4.78, 5) is 11.8. The summed E-state index contributed by atoms with van der Waals surface area (Å²) < 4.78 is 67.4. The van der Waals surface area contributed by atoms with Crippen LogP contribution in [0.25, 0.3) is 0 Å². The molecule has 0 aliphatic carbocycles. The normalized spacial score (nSPS) is 11.2. The maximum Gasteiger partial charge on any atom is 0.422 e. The van der Waals surface area contributed by atoms with Crippen molar-refractivity contribution in [2.75, 3.05) is 11.9 Å². The van der Waals surface area contributed by atoms with Crippen LogP contribution in [0.2, 0.25) is 0 Å². The Morgan fingerprint density at radius 1 is 1.00 bits per heavy atom. The zero-order valence-electron chi connectivity index (χ0n) is 11.5. The summed E-state index contributed by atoms with van der Waals surface area (Å²) in [6.45, 7) is -1.45. The van der Waals surface area contributed by atoms with Crippen LogP contribution in [0.4, 0.5) is 27.6 Å². The average Bonchev–Trinajstić information content (AvgIpc) is 2.45. The molecule has 1 N–H and O–H groups in total. The van der Waals surface area contributed by atoms with Crippen LogP contribution >= 0.6 is 0 Å². The van der Waals surface area contributed by atoms with E-state index >= 15 is 0 Å². The molecule has 23 heavy (non-hydrogen) atoms. The van der Waals surface area contributed by atoms with Gasteiger partial charge in [-0.15, -0.1) is 0 Å². The molecule has 0 bridgehead atoms. The lowest BCUT2D eigenvalue weighted by molar-refractivity contribution is -0.153. The number of carbonyl (C=O) groups excluding carboxylic acids is 1. The molecule has 122 valence electrons. The molecular formula is C15H10F5NO2. The molecule has 0 fully saturated rings. The molecule has 0 heterocycles. The highest BCUT2D eigenvalue weighted by Gasteiger charge is 2.28. The number of nitrogens with one attached hydrogen (secondary N) is 1. The lowest BCUT2D eigenvalue weighted by atomic mass is 10.2. The molecule has 0 saturated heterocycles.